The molecule has 4 rings (SSSR count). The van der Waals surface area contributed by atoms with Gasteiger partial charge in [-0.3, -0.25) is 19.4 Å². The van der Waals surface area contributed by atoms with Gasteiger partial charge in [-0.05, 0) is 49.2 Å². The van der Waals surface area contributed by atoms with Crippen molar-refractivity contribution in [1.82, 2.24) is 5.01 Å². The van der Waals surface area contributed by atoms with Crippen molar-refractivity contribution < 1.29 is 14.4 Å². The summed E-state index contributed by atoms with van der Waals surface area (Å²) in [4.78, 5) is 39.3. The van der Waals surface area contributed by atoms with E-state index in [1.165, 1.54) is 5.01 Å². The van der Waals surface area contributed by atoms with Crippen LogP contribution < -0.4 is 10.2 Å². The molecule has 0 aromatic heterocycles. The summed E-state index contributed by atoms with van der Waals surface area (Å²) < 4.78 is 0. The van der Waals surface area contributed by atoms with Gasteiger partial charge >= 0.3 is 0 Å². The smallest absolute Gasteiger partial charge is 0.263 e. The van der Waals surface area contributed by atoms with Crippen LogP contribution in [0, 0.1) is 13.8 Å². The summed E-state index contributed by atoms with van der Waals surface area (Å²) in [6.45, 7) is 3.46. The number of benzene rings is 2. The van der Waals surface area contributed by atoms with E-state index in [0.717, 1.165) is 16.0 Å². The van der Waals surface area contributed by atoms with Crippen molar-refractivity contribution in [1.29, 1.82) is 0 Å². The summed E-state index contributed by atoms with van der Waals surface area (Å²) in [6.07, 6.45) is 0. The van der Waals surface area contributed by atoms with Crippen molar-refractivity contribution in [2.24, 2.45) is 10.3 Å². The standard InChI is InChI=1S/C20H17Cl2N5O3/c1-10-3-6-15(14(22)7-10)23-16(28)9-26-18-17(24-25-26)19(29)27(20(18)30)12-5-4-11(2)13(21)8-12/h3-8,17-18H,9H2,1-2H3,(H,23,28)/t17-,18-/m0/s1. The average Bonchev–Trinajstić information content (AvgIpc) is 3.20. The lowest BCUT2D eigenvalue weighted by molar-refractivity contribution is -0.123. The molecule has 1 N–H and O–H groups in total. The molecule has 3 amide bonds. The number of nitrogens with one attached hydrogen (secondary N) is 1. The summed E-state index contributed by atoms with van der Waals surface area (Å²) in [5.41, 5.74) is 2.60. The number of rotatable bonds is 4. The lowest BCUT2D eigenvalue weighted by Crippen LogP contribution is -2.43. The Balaban J connectivity index is 1.50. The Morgan fingerprint density at radius 1 is 1.07 bits per heavy atom. The van der Waals surface area contributed by atoms with E-state index in [1.807, 2.05) is 19.9 Å². The number of carbonyl (C=O) groups excluding carboxylic acids is 3. The third kappa shape index (κ3) is 3.53. The molecule has 30 heavy (non-hydrogen) atoms. The number of hydrogen-bond acceptors (Lipinski definition) is 6. The van der Waals surface area contributed by atoms with E-state index < -0.39 is 29.8 Å². The normalized spacial score (nSPS) is 20.1. The van der Waals surface area contributed by atoms with Crippen LogP contribution in [0.1, 0.15) is 11.1 Å². The maximum atomic E-state index is 13.0. The van der Waals surface area contributed by atoms with Crippen LogP contribution in [-0.4, -0.2) is 41.4 Å². The summed E-state index contributed by atoms with van der Waals surface area (Å²) >= 11 is 12.3. The Bertz CT molecular complexity index is 1100. The predicted octanol–water partition coefficient (Wildman–Crippen LogP) is 3.54. The quantitative estimate of drug-likeness (QED) is 0.727. The topological polar surface area (TPSA) is 94.4 Å². The second-order valence-electron chi connectivity index (χ2n) is 7.17. The fourth-order valence-corrected chi connectivity index (χ4v) is 3.84. The fraction of sp³-hybridized carbons (Fsp3) is 0.250. The third-order valence-corrected chi connectivity index (χ3v) is 5.70. The highest BCUT2D eigenvalue weighted by Crippen LogP contribution is 2.33. The number of halogens is 2. The molecule has 2 heterocycles. The molecule has 0 radical (unpaired) electrons. The maximum Gasteiger partial charge on any atom is 0.263 e. The summed E-state index contributed by atoms with van der Waals surface area (Å²) in [6, 6.07) is 8.20. The molecule has 2 aromatic carbocycles. The minimum atomic E-state index is -0.992. The second kappa shape index (κ2) is 7.70. The molecule has 2 aliphatic heterocycles. The van der Waals surface area contributed by atoms with Gasteiger partial charge in [-0.25, -0.2) is 4.90 Å². The highest BCUT2D eigenvalue weighted by Gasteiger charge is 2.55. The SMILES string of the molecule is Cc1ccc(NC(=O)CN2N=N[C@@H]3C(=O)N(c4ccc(C)c(Cl)c4)C(=O)[C@H]32)c(Cl)c1. The van der Waals surface area contributed by atoms with Gasteiger partial charge in [0.15, 0.2) is 12.1 Å². The van der Waals surface area contributed by atoms with Crippen molar-refractivity contribution in [3.05, 3.63) is 57.6 Å². The van der Waals surface area contributed by atoms with Crippen LogP contribution in [-0.2, 0) is 14.4 Å². The van der Waals surface area contributed by atoms with Crippen molar-refractivity contribution in [2.75, 3.05) is 16.8 Å². The molecule has 0 aliphatic carbocycles. The number of fused-ring (bicyclic) bond motifs is 1. The number of hydrogen-bond donors (Lipinski definition) is 1. The third-order valence-electron chi connectivity index (χ3n) is 4.98. The number of nitrogens with zero attached hydrogens (tertiary/aromatic N) is 4. The van der Waals surface area contributed by atoms with Gasteiger partial charge in [0.2, 0.25) is 5.91 Å². The predicted molar refractivity (Wildman–Crippen MR) is 113 cm³/mol. The van der Waals surface area contributed by atoms with Crippen molar-refractivity contribution in [3.63, 3.8) is 0 Å². The van der Waals surface area contributed by atoms with Crippen molar-refractivity contribution in [2.45, 2.75) is 25.9 Å². The van der Waals surface area contributed by atoms with Crippen LogP contribution in [0.2, 0.25) is 10.0 Å². The summed E-state index contributed by atoms with van der Waals surface area (Å²) in [7, 11) is 0. The molecule has 0 bridgehead atoms. The molecular formula is C20H17Cl2N5O3. The summed E-state index contributed by atoms with van der Waals surface area (Å²) in [5.74, 6) is -1.44. The first-order valence-electron chi connectivity index (χ1n) is 9.13. The molecule has 2 aromatic rings. The van der Waals surface area contributed by atoms with Crippen LogP contribution in [0.4, 0.5) is 11.4 Å². The largest absolute Gasteiger partial charge is 0.323 e. The lowest BCUT2D eigenvalue weighted by atomic mass is 10.1. The van der Waals surface area contributed by atoms with E-state index in [1.54, 1.807) is 30.3 Å². The highest BCUT2D eigenvalue weighted by molar-refractivity contribution is 6.34. The molecule has 0 saturated carbocycles. The van der Waals surface area contributed by atoms with Gasteiger partial charge in [-0.1, -0.05) is 40.6 Å². The first-order valence-corrected chi connectivity index (χ1v) is 9.89. The van der Waals surface area contributed by atoms with Gasteiger partial charge in [-0.2, -0.15) is 5.11 Å². The molecular weight excluding hydrogens is 429 g/mol. The van der Waals surface area contributed by atoms with Crippen LogP contribution in [0.15, 0.2) is 46.7 Å². The van der Waals surface area contributed by atoms with Gasteiger partial charge in [0.1, 0.15) is 6.54 Å². The number of aryl methyl sites for hydroxylation is 2. The number of carbonyl (C=O) groups is 3. The van der Waals surface area contributed by atoms with Crippen molar-refractivity contribution in [3.8, 4) is 0 Å². The van der Waals surface area contributed by atoms with E-state index >= 15 is 0 Å². The van der Waals surface area contributed by atoms with Crippen molar-refractivity contribution >= 4 is 52.3 Å². The Morgan fingerprint density at radius 2 is 1.83 bits per heavy atom. The Kier molecular flexibility index (Phi) is 5.21. The fourth-order valence-electron chi connectivity index (χ4n) is 3.39. The van der Waals surface area contributed by atoms with Gasteiger partial charge < -0.3 is 5.32 Å². The monoisotopic (exact) mass is 445 g/mol. The van der Waals surface area contributed by atoms with Crippen LogP contribution in [0.25, 0.3) is 0 Å². The summed E-state index contributed by atoms with van der Waals surface area (Å²) in [5, 5.41) is 12.5. The molecule has 1 saturated heterocycles. The first-order chi connectivity index (χ1) is 14.3. The van der Waals surface area contributed by atoms with E-state index in [9.17, 15) is 14.4 Å². The molecule has 154 valence electrons. The van der Waals surface area contributed by atoms with E-state index in [0.29, 0.717) is 21.4 Å². The number of anilines is 2. The Hall–Kier alpha value is -2.97. The zero-order valence-electron chi connectivity index (χ0n) is 16.1. The number of imide groups is 1. The minimum absolute atomic E-state index is 0.254. The van der Waals surface area contributed by atoms with Crippen LogP contribution >= 0.6 is 23.2 Å². The number of amides is 3. The Labute approximate surface area is 182 Å². The molecule has 0 spiro atoms. The van der Waals surface area contributed by atoms with Crippen LogP contribution in [0.3, 0.4) is 0 Å². The van der Waals surface area contributed by atoms with Crippen LogP contribution in [0.5, 0.6) is 0 Å². The van der Waals surface area contributed by atoms with Gasteiger partial charge in [-0.15, -0.1) is 0 Å². The zero-order valence-corrected chi connectivity index (χ0v) is 17.6. The molecule has 8 nitrogen and oxygen atoms in total. The molecule has 0 unspecified atom stereocenters. The van der Waals surface area contributed by atoms with E-state index in [-0.39, 0.29) is 6.54 Å². The van der Waals surface area contributed by atoms with E-state index in [2.05, 4.69) is 15.7 Å². The van der Waals surface area contributed by atoms with E-state index in [4.69, 9.17) is 23.2 Å². The average molecular weight is 446 g/mol. The molecule has 1 fully saturated rings. The zero-order chi connectivity index (χ0) is 21.6. The highest BCUT2D eigenvalue weighted by atomic mass is 35.5. The maximum absolute atomic E-state index is 13.0. The molecule has 10 heteroatoms. The second-order valence-corrected chi connectivity index (χ2v) is 7.98. The first kappa shape index (κ1) is 20.3. The van der Waals surface area contributed by atoms with Gasteiger partial charge in [0, 0.05) is 5.02 Å². The minimum Gasteiger partial charge on any atom is -0.323 e. The lowest BCUT2D eigenvalue weighted by Gasteiger charge is -2.20. The molecule has 2 atom stereocenters. The van der Waals surface area contributed by atoms with Gasteiger partial charge in [0.25, 0.3) is 11.8 Å². The molecule has 2 aliphatic rings. The van der Waals surface area contributed by atoms with Gasteiger partial charge in [0.05, 0.1) is 16.4 Å². The Morgan fingerprint density at radius 3 is 2.53 bits per heavy atom.